The number of cyclic esters (lactones) is 1. The van der Waals surface area contributed by atoms with Gasteiger partial charge in [0.05, 0.1) is 0 Å². The van der Waals surface area contributed by atoms with Crippen molar-refractivity contribution in [3.05, 3.63) is 0 Å². The Balaban J connectivity index is 2.24. The summed E-state index contributed by atoms with van der Waals surface area (Å²) in [5.74, 6) is -0.356. The third-order valence-electron chi connectivity index (χ3n) is 1.41. The number of halogens is 2. The quantitative estimate of drug-likeness (QED) is 0.555. The highest BCUT2D eigenvalue weighted by atomic mass is 19.3. The number of ether oxygens (including phenoxy) is 1. The van der Waals surface area contributed by atoms with E-state index in [1.54, 1.807) is 0 Å². The Kier molecular flexibility index (Phi) is 2.19. The summed E-state index contributed by atoms with van der Waals surface area (Å²) in [4.78, 5) is 10.4. The van der Waals surface area contributed by atoms with Gasteiger partial charge < -0.3 is 4.74 Å². The molecule has 1 aliphatic rings. The fourth-order valence-corrected chi connectivity index (χ4v) is 0.947. The molecule has 0 aromatic carbocycles. The van der Waals surface area contributed by atoms with E-state index >= 15 is 0 Å². The van der Waals surface area contributed by atoms with Crippen LogP contribution in [0.3, 0.4) is 0 Å². The van der Waals surface area contributed by atoms with Crippen LogP contribution in [-0.2, 0) is 9.53 Å². The Morgan fingerprint density at radius 1 is 1.70 bits per heavy atom. The molecule has 4 heteroatoms. The molecule has 0 spiro atoms. The first-order valence-corrected chi connectivity index (χ1v) is 3.16. The highest BCUT2D eigenvalue weighted by Crippen LogP contribution is 2.19. The van der Waals surface area contributed by atoms with Crippen molar-refractivity contribution in [1.82, 2.24) is 0 Å². The molecule has 0 radical (unpaired) electrons. The van der Waals surface area contributed by atoms with E-state index in [1.807, 2.05) is 0 Å². The van der Waals surface area contributed by atoms with Gasteiger partial charge in [-0.05, 0) is 6.42 Å². The Labute approximate surface area is 57.2 Å². The number of carbonyl (C=O) groups is 1. The predicted octanol–water partition coefficient (Wildman–Crippen LogP) is 1.35. The van der Waals surface area contributed by atoms with E-state index in [2.05, 4.69) is 4.74 Å². The first-order valence-electron chi connectivity index (χ1n) is 3.16. The van der Waals surface area contributed by atoms with Crippen molar-refractivity contribution in [2.75, 3.05) is 0 Å². The number of alkyl halides is 2. The number of hydrogen-bond donors (Lipinski definition) is 0. The van der Waals surface area contributed by atoms with E-state index in [-0.39, 0.29) is 18.8 Å². The lowest BCUT2D eigenvalue weighted by Gasteiger charge is -2.06. The van der Waals surface area contributed by atoms with Gasteiger partial charge in [-0.25, -0.2) is 8.78 Å². The average Bonchev–Trinajstić information content (AvgIpc) is 2.13. The molecule has 0 saturated carbocycles. The molecule has 1 fully saturated rings. The molecule has 2 nitrogen and oxygen atoms in total. The SMILES string of the molecule is O=C1CCC(CC(F)F)O1. The monoisotopic (exact) mass is 150 g/mol. The molecule has 0 aromatic rings. The third-order valence-corrected chi connectivity index (χ3v) is 1.41. The van der Waals surface area contributed by atoms with Crippen LogP contribution in [0.15, 0.2) is 0 Å². The van der Waals surface area contributed by atoms with Gasteiger partial charge in [0.15, 0.2) is 0 Å². The lowest BCUT2D eigenvalue weighted by atomic mass is 10.2. The van der Waals surface area contributed by atoms with Crippen LogP contribution < -0.4 is 0 Å². The van der Waals surface area contributed by atoms with Crippen molar-refractivity contribution in [3.8, 4) is 0 Å². The molecule has 58 valence electrons. The highest BCUT2D eigenvalue weighted by molar-refractivity contribution is 5.71. The minimum atomic E-state index is -2.36. The van der Waals surface area contributed by atoms with Gasteiger partial charge in [-0.3, -0.25) is 4.79 Å². The molecule has 1 saturated heterocycles. The molecule has 1 heterocycles. The normalized spacial score (nSPS) is 25.5. The Bertz CT molecular complexity index is 136. The summed E-state index contributed by atoms with van der Waals surface area (Å²) >= 11 is 0. The lowest BCUT2D eigenvalue weighted by Crippen LogP contribution is -2.10. The second-order valence-corrected chi connectivity index (χ2v) is 2.28. The standard InChI is InChI=1S/C6H8F2O2/c7-5(8)3-4-1-2-6(9)10-4/h4-5H,1-3H2. The van der Waals surface area contributed by atoms with Crippen LogP contribution in [0.4, 0.5) is 8.78 Å². The number of rotatable bonds is 2. The predicted molar refractivity (Wildman–Crippen MR) is 29.7 cm³/mol. The fourth-order valence-electron chi connectivity index (χ4n) is 0.947. The molecule has 1 atom stereocenters. The van der Waals surface area contributed by atoms with E-state index < -0.39 is 12.5 Å². The van der Waals surface area contributed by atoms with Gasteiger partial charge in [0, 0.05) is 12.8 Å². The lowest BCUT2D eigenvalue weighted by molar-refractivity contribution is -0.142. The smallest absolute Gasteiger partial charge is 0.306 e. The maximum atomic E-state index is 11.6. The summed E-state index contributed by atoms with van der Waals surface area (Å²) in [6.07, 6.45) is -2.48. The van der Waals surface area contributed by atoms with Crippen LogP contribution in [0.2, 0.25) is 0 Å². The second-order valence-electron chi connectivity index (χ2n) is 2.28. The van der Waals surface area contributed by atoms with E-state index in [4.69, 9.17) is 0 Å². The van der Waals surface area contributed by atoms with Gasteiger partial charge in [0.25, 0.3) is 0 Å². The molecule has 0 bridgehead atoms. The van der Waals surface area contributed by atoms with Crippen LogP contribution in [0.25, 0.3) is 0 Å². The second kappa shape index (κ2) is 2.94. The first kappa shape index (κ1) is 7.44. The molecule has 0 aromatic heterocycles. The number of hydrogen-bond acceptors (Lipinski definition) is 2. The molecule has 0 N–H and O–H groups in total. The molecular weight excluding hydrogens is 142 g/mol. The Morgan fingerprint density at radius 3 is 2.80 bits per heavy atom. The minimum absolute atomic E-state index is 0.289. The van der Waals surface area contributed by atoms with Crippen LogP contribution >= 0.6 is 0 Å². The average molecular weight is 150 g/mol. The Morgan fingerprint density at radius 2 is 2.40 bits per heavy atom. The maximum absolute atomic E-state index is 11.6. The molecule has 10 heavy (non-hydrogen) atoms. The van der Waals surface area contributed by atoms with Crippen LogP contribution in [0.5, 0.6) is 0 Å². The summed E-state index contributed by atoms with van der Waals surface area (Å²) in [7, 11) is 0. The zero-order chi connectivity index (χ0) is 7.56. The molecular formula is C6H8F2O2. The topological polar surface area (TPSA) is 26.3 Å². The van der Waals surface area contributed by atoms with Gasteiger partial charge in [-0.1, -0.05) is 0 Å². The summed E-state index contributed by atoms with van der Waals surface area (Å²) < 4.78 is 27.8. The highest BCUT2D eigenvalue weighted by Gasteiger charge is 2.25. The first-order chi connectivity index (χ1) is 4.68. The molecule has 1 aliphatic heterocycles. The van der Waals surface area contributed by atoms with Crippen molar-refractivity contribution in [2.45, 2.75) is 31.8 Å². The van der Waals surface area contributed by atoms with E-state index in [9.17, 15) is 13.6 Å². The summed E-state index contributed by atoms with van der Waals surface area (Å²) in [6.45, 7) is 0. The number of esters is 1. The minimum Gasteiger partial charge on any atom is -0.462 e. The van der Waals surface area contributed by atoms with E-state index in [0.717, 1.165) is 0 Å². The van der Waals surface area contributed by atoms with Crippen molar-refractivity contribution in [3.63, 3.8) is 0 Å². The zero-order valence-electron chi connectivity index (χ0n) is 5.35. The van der Waals surface area contributed by atoms with Crippen LogP contribution in [-0.4, -0.2) is 18.5 Å². The molecule has 1 unspecified atom stereocenters. The summed E-state index contributed by atoms with van der Waals surface area (Å²) in [5, 5.41) is 0. The molecule has 1 rings (SSSR count). The van der Waals surface area contributed by atoms with Gasteiger partial charge in [-0.2, -0.15) is 0 Å². The zero-order valence-corrected chi connectivity index (χ0v) is 5.35. The third kappa shape index (κ3) is 1.93. The number of carbonyl (C=O) groups excluding carboxylic acids is 1. The molecule has 0 aliphatic carbocycles. The van der Waals surface area contributed by atoms with Crippen molar-refractivity contribution >= 4 is 5.97 Å². The summed E-state index contributed by atoms with van der Waals surface area (Å²) in [5.41, 5.74) is 0. The van der Waals surface area contributed by atoms with Crippen LogP contribution in [0.1, 0.15) is 19.3 Å². The summed E-state index contributed by atoms with van der Waals surface area (Å²) in [6, 6.07) is 0. The van der Waals surface area contributed by atoms with Gasteiger partial charge in [0.1, 0.15) is 6.10 Å². The fraction of sp³-hybridized carbons (Fsp3) is 0.833. The van der Waals surface area contributed by atoms with Gasteiger partial charge in [0.2, 0.25) is 6.43 Å². The van der Waals surface area contributed by atoms with Crippen molar-refractivity contribution < 1.29 is 18.3 Å². The van der Waals surface area contributed by atoms with Gasteiger partial charge in [-0.15, -0.1) is 0 Å². The van der Waals surface area contributed by atoms with E-state index in [0.29, 0.717) is 6.42 Å². The molecule has 0 amide bonds. The van der Waals surface area contributed by atoms with Crippen molar-refractivity contribution in [2.24, 2.45) is 0 Å². The van der Waals surface area contributed by atoms with Gasteiger partial charge >= 0.3 is 5.97 Å². The Hall–Kier alpha value is -0.670. The van der Waals surface area contributed by atoms with Crippen LogP contribution in [0, 0.1) is 0 Å². The largest absolute Gasteiger partial charge is 0.462 e. The van der Waals surface area contributed by atoms with E-state index in [1.165, 1.54) is 0 Å². The van der Waals surface area contributed by atoms with Crippen molar-refractivity contribution in [1.29, 1.82) is 0 Å². The maximum Gasteiger partial charge on any atom is 0.306 e.